The molecule has 6 nitrogen and oxygen atoms in total. The Morgan fingerprint density at radius 1 is 1.30 bits per heavy atom. The first-order valence-corrected chi connectivity index (χ1v) is 9.72. The van der Waals surface area contributed by atoms with Gasteiger partial charge in [-0.25, -0.2) is 9.18 Å². The molecule has 2 heterocycles. The molecule has 150 valence electrons. The largest absolute Gasteiger partial charge is 0.388 e. The Bertz CT molecular complexity index is 611. The second kappa shape index (κ2) is 8.99. The highest BCUT2D eigenvalue weighted by atomic mass is 19.1. The first-order chi connectivity index (χ1) is 12.9. The molecule has 0 spiro atoms. The average Bonchev–Trinajstić information content (AvgIpc) is 2.65. The van der Waals surface area contributed by atoms with Gasteiger partial charge in [0.2, 0.25) is 0 Å². The number of halogens is 1. The van der Waals surface area contributed by atoms with E-state index in [0.717, 1.165) is 38.0 Å². The molecule has 2 saturated heterocycles. The number of carbonyl (C=O) groups is 1. The van der Waals surface area contributed by atoms with Crippen molar-refractivity contribution in [2.24, 2.45) is 0 Å². The van der Waals surface area contributed by atoms with Crippen LogP contribution in [0.5, 0.6) is 0 Å². The van der Waals surface area contributed by atoms with Crippen LogP contribution >= 0.6 is 0 Å². The number of piperidine rings is 1. The number of carbonyl (C=O) groups excluding carboxylic acids is 1. The van der Waals surface area contributed by atoms with Gasteiger partial charge in [-0.1, -0.05) is 12.1 Å². The molecular weight excluding hydrogens is 349 g/mol. The maximum Gasteiger partial charge on any atom is 0.317 e. The van der Waals surface area contributed by atoms with E-state index >= 15 is 0 Å². The number of likely N-dealkylation sites (tertiary alicyclic amines) is 1. The molecule has 0 unspecified atom stereocenters. The molecule has 27 heavy (non-hydrogen) atoms. The van der Waals surface area contributed by atoms with Gasteiger partial charge in [-0.15, -0.1) is 0 Å². The fourth-order valence-corrected chi connectivity index (χ4v) is 3.79. The van der Waals surface area contributed by atoms with E-state index in [1.807, 2.05) is 12.1 Å². The summed E-state index contributed by atoms with van der Waals surface area (Å²) in [5.74, 6) is -0.213. The minimum atomic E-state index is -0.844. The molecule has 7 heteroatoms. The minimum Gasteiger partial charge on any atom is -0.388 e. The van der Waals surface area contributed by atoms with Gasteiger partial charge in [0.1, 0.15) is 5.82 Å². The minimum absolute atomic E-state index is 0.132. The van der Waals surface area contributed by atoms with Gasteiger partial charge in [-0.3, -0.25) is 4.90 Å². The number of hydrogen-bond acceptors (Lipinski definition) is 4. The number of nitrogens with one attached hydrogen (secondary N) is 1. The first kappa shape index (κ1) is 20.0. The third-order valence-corrected chi connectivity index (χ3v) is 5.54. The summed E-state index contributed by atoms with van der Waals surface area (Å²) in [4.78, 5) is 16.4. The topological polar surface area (TPSA) is 65.0 Å². The zero-order valence-electron chi connectivity index (χ0n) is 16.0. The van der Waals surface area contributed by atoms with Crippen molar-refractivity contribution in [2.75, 3.05) is 39.9 Å². The lowest BCUT2D eigenvalue weighted by molar-refractivity contribution is -0.0723. The van der Waals surface area contributed by atoms with Gasteiger partial charge in [0.05, 0.1) is 12.1 Å². The van der Waals surface area contributed by atoms with Crippen LogP contribution < -0.4 is 5.32 Å². The van der Waals surface area contributed by atoms with Gasteiger partial charge in [0, 0.05) is 58.8 Å². The molecule has 2 amide bonds. The van der Waals surface area contributed by atoms with Crippen LogP contribution in [0.3, 0.4) is 0 Å². The van der Waals surface area contributed by atoms with Crippen LogP contribution in [0.4, 0.5) is 9.18 Å². The van der Waals surface area contributed by atoms with Crippen molar-refractivity contribution in [1.29, 1.82) is 0 Å². The summed E-state index contributed by atoms with van der Waals surface area (Å²) in [6.45, 7) is 4.00. The number of ether oxygens (including phenoxy) is 1. The van der Waals surface area contributed by atoms with Crippen LogP contribution in [0.2, 0.25) is 0 Å². The number of likely N-dealkylation sites (N-methyl/N-ethyl adjacent to an activating group) is 1. The number of benzene rings is 1. The third kappa shape index (κ3) is 5.89. The lowest BCUT2D eigenvalue weighted by atomic mass is 9.94. The van der Waals surface area contributed by atoms with Gasteiger partial charge in [-0.2, -0.15) is 0 Å². The smallest absolute Gasteiger partial charge is 0.317 e. The summed E-state index contributed by atoms with van der Waals surface area (Å²) in [5.41, 5.74) is 0.256. The first-order valence-electron chi connectivity index (χ1n) is 9.72. The van der Waals surface area contributed by atoms with Crippen molar-refractivity contribution >= 4 is 6.03 Å². The van der Waals surface area contributed by atoms with E-state index < -0.39 is 5.60 Å². The van der Waals surface area contributed by atoms with Gasteiger partial charge in [0.25, 0.3) is 0 Å². The van der Waals surface area contributed by atoms with Crippen molar-refractivity contribution in [1.82, 2.24) is 15.1 Å². The van der Waals surface area contributed by atoms with Crippen LogP contribution in [0.1, 0.15) is 31.2 Å². The zero-order valence-corrected chi connectivity index (χ0v) is 16.0. The van der Waals surface area contributed by atoms with Crippen LogP contribution in [-0.2, 0) is 11.3 Å². The second-order valence-corrected chi connectivity index (χ2v) is 7.82. The molecule has 0 aromatic heterocycles. The highest BCUT2D eigenvalue weighted by Crippen LogP contribution is 2.21. The molecule has 0 bridgehead atoms. The van der Waals surface area contributed by atoms with Crippen molar-refractivity contribution in [2.45, 2.75) is 43.9 Å². The Balaban J connectivity index is 1.40. The molecule has 0 radical (unpaired) electrons. The highest BCUT2D eigenvalue weighted by Gasteiger charge is 2.33. The van der Waals surface area contributed by atoms with E-state index in [0.29, 0.717) is 32.6 Å². The van der Waals surface area contributed by atoms with E-state index in [1.165, 1.54) is 12.1 Å². The number of amides is 2. The molecule has 2 aliphatic heterocycles. The molecule has 3 rings (SSSR count). The molecule has 2 fully saturated rings. The van der Waals surface area contributed by atoms with Crippen molar-refractivity contribution < 1.29 is 19.0 Å². The monoisotopic (exact) mass is 379 g/mol. The predicted molar refractivity (Wildman–Crippen MR) is 101 cm³/mol. The Kier molecular flexibility index (Phi) is 6.68. The van der Waals surface area contributed by atoms with Crippen LogP contribution in [-0.4, -0.2) is 72.5 Å². The Morgan fingerprint density at radius 3 is 2.56 bits per heavy atom. The number of hydrogen-bond donors (Lipinski definition) is 2. The summed E-state index contributed by atoms with van der Waals surface area (Å²) >= 11 is 0. The van der Waals surface area contributed by atoms with E-state index in [4.69, 9.17) is 4.74 Å². The molecular formula is C20H30FN3O3. The molecule has 0 aliphatic carbocycles. The summed E-state index contributed by atoms with van der Waals surface area (Å²) < 4.78 is 18.3. The summed E-state index contributed by atoms with van der Waals surface area (Å²) in [7, 11) is 1.73. The lowest BCUT2D eigenvalue weighted by Gasteiger charge is -2.37. The summed E-state index contributed by atoms with van der Waals surface area (Å²) in [6, 6.07) is 6.63. The number of rotatable bonds is 5. The van der Waals surface area contributed by atoms with Crippen LogP contribution in [0.15, 0.2) is 24.3 Å². The van der Waals surface area contributed by atoms with Crippen molar-refractivity contribution in [3.8, 4) is 0 Å². The summed E-state index contributed by atoms with van der Waals surface area (Å²) in [6.07, 6.45) is 2.90. The predicted octanol–water partition coefficient (Wildman–Crippen LogP) is 1.97. The van der Waals surface area contributed by atoms with Crippen LogP contribution in [0, 0.1) is 5.82 Å². The third-order valence-electron chi connectivity index (χ3n) is 5.54. The van der Waals surface area contributed by atoms with E-state index in [-0.39, 0.29) is 17.9 Å². The molecule has 2 aliphatic rings. The van der Waals surface area contributed by atoms with Crippen LogP contribution in [0.25, 0.3) is 0 Å². The Labute approximate surface area is 160 Å². The summed E-state index contributed by atoms with van der Waals surface area (Å²) in [5, 5.41) is 13.6. The van der Waals surface area contributed by atoms with Gasteiger partial charge < -0.3 is 20.1 Å². The van der Waals surface area contributed by atoms with Crippen molar-refractivity contribution in [3.63, 3.8) is 0 Å². The fraction of sp³-hybridized carbons (Fsp3) is 0.650. The van der Waals surface area contributed by atoms with Gasteiger partial charge in [0.15, 0.2) is 0 Å². The SMILES string of the molecule is CN(CC1(O)CCOCC1)C(=O)NC1CCN(Cc2ccc(F)cc2)CC1. The quantitative estimate of drug-likeness (QED) is 0.821. The molecule has 1 aromatic carbocycles. The molecule has 1 aromatic rings. The molecule has 0 atom stereocenters. The highest BCUT2D eigenvalue weighted by molar-refractivity contribution is 5.74. The zero-order chi connectivity index (χ0) is 19.3. The van der Waals surface area contributed by atoms with Gasteiger partial charge >= 0.3 is 6.03 Å². The van der Waals surface area contributed by atoms with E-state index in [2.05, 4.69) is 10.2 Å². The lowest BCUT2D eigenvalue weighted by Crippen LogP contribution is -2.52. The molecule has 0 saturated carbocycles. The number of aliphatic hydroxyl groups is 1. The Hall–Kier alpha value is -1.70. The Morgan fingerprint density at radius 2 is 1.93 bits per heavy atom. The van der Waals surface area contributed by atoms with Crippen molar-refractivity contribution in [3.05, 3.63) is 35.6 Å². The number of nitrogens with zero attached hydrogens (tertiary/aromatic N) is 2. The number of urea groups is 1. The maximum absolute atomic E-state index is 13.0. The standard InChI is InChI=1S/C20H30FN3O3/c1-23(15-20(26)8-12-27-13-9-20)19(25)22-18-6-10-24(11-7-18)14-16-2-4-17(21)5-3-16/h2-5,18,26H,6-15H2,1H3,(H,22,25). The van der Waals surface area contributed by atoms with E-state index in [9.17, 15) is 14.3 Å². The maximum atomic E-state index is 13.0. The second-order valence-electron chi connectivity index (χ2n) is 7.82. The normalized spacial score (nSPS) is 21.0. The average molecular weight is 379 g/mol. The van der Waals surface area contributed by atoms with Gasteiger partial charge in [-0.05, 0) is 30.5 Å². The fourth-order valence-electron chi connectivity index (χ4n) is 3.79. The van der Waals surface area contributed by atoms with E-state index in [1.54, 1.807) is 11.9 Å². The molecule has 2 N–H and O–H groups in total.